The number of nitrogens with zero attached hydrogens (tertiary/aromatic N) is 7. The molecule has 51 heavy (non-hydrogen) atoms. The Labute approximate surface area is 295 Å². The molecule has 0 aliphatic carbocycles. The van der Waals surface area contributed by atoms with Gasteiger partial charge in [-0.1, -0.05) is 66.7 Å². The summed E-state index contributed by atoms with van der Waals surface area (Å²) in [5, 5.41) is 8.82. The third kappa shape index (κ3) is 6.78. The van der Waals surface area contributed by atoms with Crippen molar-refractivity contribution in [2.24, 2.45) is 5.92 Å². The third-order valence-electron chi connectivity index (χ3n) is 9.57. The van der Waals surface area contributed by atoms with Crippen molar-refractivity contribution in [1.82, 2.24) is 34.4 Å². The number of amides is 2. The largest absolute Gasteiger partial charge is 0.368 e. The number of imidazole rings is 1. The quantitative estimate of drug-likeness (QED) is 0.149. The highest BCUT2D eigenvalue weighted by Gasteiger charge is 2.24. The number of carbonyl (C=O) groups excluding carboxylic acids is 1. The van der Waals surface area contributed by atoms with Crippen molar-refractivity contribution < 1.29 is 4.79 Å². The molecule has 0 radical (unpaired) electrons. The average molecular weight is 675 g/mol. The Morgan fingerprint density at radius 1 is 0.902 bits per heavy atom. The molecule has 4 N–H and O–H groups in total. The molecule has 1 atom stereocenters. The van der Waals surface area contributed by atoms with Gasteiger partial charge >= 0.3 is 6.03 Å². The third-order valence-corrected chi connectivity index (χ3v) is 9.57. The summed E-state index contributed by atoms with van der Waals surface area (Å²) < 4.78 is 1.98. The SMILES string of the molecule is Cc1ccccc1-c1cc(-n2cnc3cc(-c4ccnc(N)n4)ccc32)nc(NCCC2CCCN(C(=O)Nc3cccc4ccccc34)C2)n1. The number of fused-ring (bicyclic) bond motifs is 2. The first kappa shape index (κ1) is 31.9. The molecule has 11 nitrogen and oxygen atoms in total. The van der Waals surface area contributed by atoms with Crippen molar-refractivity contribution in [2.75, 3.05) is 36.0 Å². The standard InChI is InChI=1S/C40H38N10O/c1-26-8-2-4-12-30(26)34-23-37(50-25-44-35-22-29(15-16-36(35)50)32-18-20-42-38(41)45-32)48-39(46-34)43-19-17-27-9-7-21-49(24-27)40(51)47-33-14-6-11-28-10-3-5-13-31(28)33/h2-6,8,10-16,18,20,22-23,25,27H,7,9,17,19,21,24H2,1H3,(H,47,51)(H2,41,42,45)(H,43,46,48). The number of urea groups is 1. The van der Waals surface area contributed by atoms with E-state index in [1.165, 1.54) is 0 Å². The zero-order valence-corrected chi connectivity index (χ0v) is 28.3. The number of nitrogen functional groups attached to an aromatic ring is 1. The Kier molecular flexibility index (Phi) is 8.67. The normalized spacial score (nSPS) is 14.5. The molecule has 1 saturated heterocycles. The lowest BCUT2D eigenvalue weighted by Crippen LogP contribution is -2.42. The van der Waals surface area contributed by atoms with Crippen LogP contribution in [-0.4, -0.2) is 60.1 Å². The average Bonchev–Trinajstić information content (AvgIpc) is 3.59. The fourth-order valence-electron chi connectivity index (χ4n) is 6.93. The van der Waals surface area contributed by atoms with E-state index < -0.39 is 0 Å². The minimum Gasteiger partial charge on any atom is -0.368 e. The number of nitrogens with two attached hydrogens (primary N) is 1. The van der Waals surface area contributed by atoms with Crippen molar-refractivity contribution in [1.29, 1.82) is 0 Å². The molecule has 7 aromatic rings. The van der Waals surface area contributed by atoms with Crippen LogP contribution in [0.5, 0.6) is 0 Å². The number of benzene rings is 4. The van der Waals surface area contributed by atoms with Crippen LogP contribution in [0.2, 0.25) is 0 Å². The molecule has 0 spiro atoms. The lowest BCUT2D eigenvalue weighted by atomic mass is 9.95. The van der Waals surface area contributed by atoms with Gasteiger partial charge < -0.3 is 21.3 Å². The maximum atomic E-state index is 13.4. The lowest BCUT2D eigenvalue weighted by Gasteiger charge is -2.33. The number of anilines is 3. The van der Waals surface area contributed by atoms with Crippen LogP contribution in [-0.2, 0) is 0 Å². The van der Waals surface area contributed by atoms with Gasteiger partial charge in [0.15, 0.2) is 0 Å². The molecule has 254 valence electrons. The smallest absolute Gasteiger partial charge is 0.321 e. The molecule has 8 rings (SSSR count). The maximum absolute atomic E-state index is 13.4. The van der Waals surface area contributed by atoms with Crippen LogP contribution in [0.25, 0.3) is 50.1 Å². The number of hydrogen-bond donors (Lipinski definition) is 3. The van der Waals surface area contributed by atoms with Gasteiger partial charge in [0.05, 0.1) is 28.1 Å². The van der Waals surface area contributed by atoms with Gasteiger partial charge in [-0.2, -0.15) is 4.98 Å². The summed E-state index contributed by atoms with van der Waals surface area (Å²) >= 11 is 0. The summed E-state index contributed by atoms with van der Waals surface area (Å²) in [7, 11) is 0. The molecule has 11 heteroatoms. The Hall–Kier alpha value is -6.36. The van der Waals surface area contributed by atoms with Gasteiger partial charge in [0.2, 0.25) is 11.9 Å². The van der Waals surface area contributed by atoms with Crippen molar-refractivity contribution in [3.8, 4) is 28.3 Å². The number of piperidine rings is 1. The van der Waals surface area contributed by atoms with E-state index in [0.717, 1.165) is 81.4 Å². The topological polar surface area (TPSA) is 140 Å². The van der Waals surface area contributed by atoms with E-state index in [-0.39, 0.29) is 12.0 Å². The van der Waals surface area contributed by atoms with E-state index in [4.69, 9.17) is 20.7 Å². The number of hydrogen-bond acceptors (Lipinski definition) is 8. The summed E-state index contributed by atoms with van der Waals surface area (Å²) in [6.45, 7) is 4.22. The van der Waals surface area contributed by atoms with Crippen molar-refractivity contribution >= 4 is 45.4 Å². The van der Waals surface area contributed by atoms with Crippen LogP contribution in [0.15, 0.2) is 110 Å². The van der Waals surface area contributed by atoms with E-state index in [9.17, 15) is 4.79 Å². The Morgan fingerprint density at radius 2 is 1.76 bits per heavy atom. The van der Waals surface area contributed by atoms with Gasteiger partial charge in [-0.25, -0.2) is 24.7 Å². The molecule has 3 aromatic heterocycles. The van der Waals surface area contributed by atoms with Gasteiger partial charge in [-0.3, -0.25) is 4.57 Å². The van der Waals surface area contributed by atoms with Crippen LogP contribution >= 0.6 is 0 Å². The molecule has 1 aliphatic heterocycles. The Balaban J connectivity index is 0.998. The molecular formula is C40H38N10O. The molecule has 0 bridgehead atoms. The first-order valence-electron chi connectivity index (χ1n) is 17.3. The van der Waals surface area contributed by atoms with Gasteiger partial charge in [-0.15, -0.1) is 0 Å². The molecule has 1 aliphatic rings. The minimum absolute atomic E-state index is 0.0521. The predicted molar refractivity (Wildman–Crippen MR) is 203 cm³/mol. The van der Waals surface area contributed by atoms with Crippen molar-refractivity contribution in [3.63, 3.8) is 0 Å². The van der Waals surface area contributed by atoms with Gasteiger partial charge in [-0.05, 0) is 67.3 Å². The van der Waals surface area contributed by atoms with E-state index in [2.05, 4.69) is 51.8 Å². The highest BCUT2D eigenvalue weighted by Crippen LogP contribution is 2.29. The Morgan fingerprint density at radius 3 is 2.67 bits per heavy atom. The van der Waals surface area contributed by atoms with Crippen LogP contribution in [0.1, 0.15) is 24.8 Å². The second-order valence-electron chi connectivity index (χ2n) is 13.0. The first-order valence-corrected chi connectivity index (χ1v) is 17.3. The number of aromatic nitrogens is 6. The summed E-state index contributed by atoms with van der Waals surface area (Å²) in [6.07, 6.45) is 6.36. The minimum atomic E-state index is -0.0521. The van der Waals surface area contributed by atoms with Crippen LogP contribution in [0, 0.1) is 12.8 Å². The van der Waals surface area contributed by atoms with Crippen LogP contribution in [0.3, 0.4) is 0 Å². The summed E-state index contributed by atoms with van der Waals surface area (Å²) in [4.78, 5) is 38.3. The van der Waals surface area contributed by atoms with Crippen LogP contribution in [0.4, 0.5) is 22.4 Å². The Bertz CT molecular complexity index is 2360. The van der Waals surface area contributed by atoms with Crippen LogP contribution < -0.4 is 16.4 Å². The highest BCUT2D eigenvalue weighted by atomic mass is 16.2. The predicted octanol–water partition coefficient (Wildman–Crippen LogP) is 7.73. The van der Waals surface area contributed by atoms with Gasteiger partial charge in [0.25, 0.3) is 0 Å². The number of rotatable bonds is 8. The zero-order valence-electron chi connectivity index (χ0n) is 28.3. The summed E-state index contributed by atoms with van der Waals surface area (Å²) in [5.74, 6) is 1.84. The molecular weight excluding hydrogens is 637 g/mol. The monoisotopic (exact) mass is 674 g/mol. The van der Waals surface area contributed by atoms with Crippen molar-refractivity contribution in [3.05, 3.63) is 115 Å². The van der Waals surface area contributed by atoms with Gasteiger partial charge in [0.1, 0.15) is 12.1 Å². The molecule has 4 aromatic carbocycles. The van der Waals surface area contributed by atoms with E-state index in [1.54, 1.807) is 12.5 Å². The summed E-state index contributed by atoms with van der Waals surface area (Å²) in [5.41, 5.74) is 13.0. The summed E-state index contributed by atoms with van der Waals surface area (Å²) in [6, 6.07) is 32.1. The second-order valence-corrected chi connectivity index (χ2v) is 13.0. The van der Waals surface area contributed by atoms with E-state index in [1.807, 2.05) is 82.3 Å². The molecule has 4 heterocycles. The van der Waals surface area contributed by atoms with E-state index in [0.29, 0.717) is 30.8 Å². The molecule has 0 saturated carbocycles. The van der Waals surface area contributed by atoms with Crippen molar-refractivity contribution in [2.45, 2.75) is 26.2 Å². The number of carbonyl (C=O) groups is 1. The fraction of sp³-hybridized carbons (Fsp3) is 0.200. The van der Waals surface area contributed by atoms with Gasteiger partial charge in [0, 0.05) is 48.4 Å². The number of nitrogens with one attached hydrogen (secondary N) is 2. The maximum Gasteiger partial charge on any atom is 0.321 e. The highest BCUT2D eigenvalue weighted by molar-refractivity contribution is 6.01. The molecule has 2 amide bonds. The number of aryl methyl sites for hydroxylation is 1. The zero-order chi connectivity index (χ0) is 34.7. The fourth-order valence-corrected chi connectivity index (χ4v) is 6.93. The lowest BCUT2D eigenvalue weighted by molar-refractivity contribution is 0.175. The molecule has 1 fully saturated rings. The van der Waals surface area contributed by atoms with E-state index >= 15 is 0 Å². The first-order chi connectivity index (χ1) is 25.0. The molecule has 1 unspecified atom stereocenters. The second kappa shape index (κ2) is 13.9. The number of likely N-dealkylation sites (tertiary alicyclic amines) is 1.